The van der Waals surface area contributed by atoms with Crippen LogP contribution in [0.4, 0.5) is 0 Å². The van der Waals surface area contributed by atoms with Gasteiger partial charge in [0.25, 0.3) is 5.91 Å². The molecule has 0 aromatic heterocycles. The topological polar surface area (TPSA) is 94.6 Å². The van der Waals surface area contributed by atoms with E-state index in [9.17, 15) is 4.79 Å². The summed E-state index contributed by atoms with van der Waals surface area (Å²) in [4.78, 5) is 11.1. The van der Waals surface area contributed by atoms with Crippen LogP contribution >= 0.6 is 11.6 Å². The molecule has 0 saturated heterocycles. The SMILES string of the molecule is COc1cc(/C=C(\C#N)C(N)=O)ccc1OCCOc1ccccc1Cl. The van der Waals surface area contributed by atoms with Crippen LogP contribution in [-0.4, -0.2) is 26.2 Å². The summed E-state index contributed by atoms with van der Waals surface area (Å²) in [5, 5.41) is 9.43. The Hall–Kier alpha value is -3.17. The van der Waals surface area contributed by atoms with Gasteiger partial charge in [0, 0.05) is 0 Å². The highest BCUT2D eigenvalue weighted by Crippen LogP contribution is 2.29. The van der Waals surface area contributed by atoms with Gasteiger partial charge in [-0.15, -0.1) is 0 Å². The van der Waals surface area contributed by atoms with Gasteiger partial charge in [-0.25, -0.2) is 0 Å². The molecule has 0 atom stereocenters. The number of benzene rings is 2. The van der Waals surface area contributed by atoms with Gasteiger partial charge in [-0.1, -0.05) is 29.8 Å². The molecule has 0 unspecified atom stereocenters. The molecule has 2 N–H and O–H groups in total. The Kier molecular flexibility index (Phi) is 6.89. The molecule has 134 valence electrons. The van der Waals surface area contributed by atoms with E-state index in [2.05, 4.69) is 0 Å². The molecule has 2 aromatic carbocycles. The third-order valence-electron chi connectivity index (χ3n) is 3.32. The maximum Gasteiger partial charge on any atom is 0.259 e. The van der Waals surface area contributed by atoms with E-state index in [1.54, 1.807) is 36.4 Å². The number of para-hydroxylation sites is 1. The smallest absolute Gasteiger partial charge is 0.259 e. The number of hydrogen-bond donors (Lipinski definition) is 1. The molecular formula is C19H17ClN2O4. The fourth-order valence-electron chi connectivity index (χ4n) is 2.08. The molecule has 7 heteroatoms. The Labute approximate surface area is 156 Å². The first-order chi connectivity index (χ1) is 12.5. The average molecular weight is 373 g/mol. The molecular weight excluding hydrogens is 356 g/mol. The van der Waals surface area contributed by atoms with Crippen molar-refractivity contribution in [2.24, 2.45) is 5.73 Å². The lowest BCUT2D eigenvalue weighted by molar-refractivity contribution is -0.114. The van der Waals surface area contributed by atoms with E-state index in [0.29, 0.717) is 34.4 Å². The summed E-state index contributed by atoms with van der Waals surface area (Å²) >= 11 is 6.01. The first-order valence-electron chi connectivity index (χ1n) is 7.65. The summed E-state index contributed by atoms with van der Waals surface area (Å²) < 4.78 is 16.5. The van der Waals surface area contributed by atoms with E-state index in [1.165, 1.54) is 13.2 Å². The van der Waals surface area contributed by atoms with Crippen molar-refractivity contribution in [3.63, 3.8) is 0 Å². The standard InChI is InChI=1S/C19H17ClN2O4/c1-24-18-11-13(10-14(12-21)19(22)23)6-7-17(18)26-9-8-25-16-5-3-2-4-15(16)20/h2-7,10-11H,8-9H2,1H3,(H2,22,23)/b14-10+. The number of amides is 1. The Balaban J connectivity index is 2.00. The first kappa shape index (κ1) is 19.2. The Morgan fingerprint density at radius 3 is 2.46 bits per heavy atom. The zero-order chi connectivity index (χ0) is 18.9. The van der Waals surface area contributed by atoms with Crippen LogP contribution in [0.3, 0.4) is 0 Å². The van der Waals surface area contributed by atoms with Crippen LogP contribution in [0, 0.1) is 11.3 Å². The molecule has 0 aliphatic rings. The van der Waals surface area contributed by atoms with Gasteiger partial charge in [-0.3, -0.25) is 4.79 Å². The number of primary amides is 1. The third kappa shape index (κ3) is 5.16. The van der Waals surface area contributed by atoms with Gasteiger partial charge in [0.05, 0.1) is 12.1 Å². The number of nitriles is 1. The Morgan fingerprint density at radius 2 is 1.85 bits per heavy atom. The molecule has 0 saturated carbocycles. The summed E-state index contributed by atoms with van der Waals surface area (Å²) in [5.41, 5.74) is 5.58. The number of carbonyl (C=O) groups is 1. The number of halogens is 1. The minimum Gasteiger partial charge on any atom is -0.493 e. The molecule has 0 aliphatic carbocycles. The van der Waals surface area contributed by atoms with Gasteiger partial charge < -0.3 is 19.9 Å². The van der Waals surface area contributed by atoms with Crippen molar-refractivity contribution in [1.29, 1.82) is 5.26 Å². The molecule has 26 heavy (non-hydrogen) atoms. The van der Waals surface area contributed by atoms with Gasteiger partial charge in [-0.05, 0) is 35.9 Å². The van der Waals surface area contributed by atoms with Crippen molar-refractivity contribution in [1.82, 2.24) is 0 Å². The second kappa shape index (κ2) is 9.35. The number of nitrogens with zero attached hydrogens (tertiary/aromatic N) is 1. The summed E-state index contributed by atoms with van der Waals surface area (Å²) in [7, 11) is 1.50. The monoisotopic (exact) mass is 372 g/mol. The van der Waals surface area contributed by atoms with Crippen LogP contribution in [0.2, 0.25) is 5.02 Å². The zero-order valence-corrected chi connectivity index (χ0v) is 14.8. The predicted molar refractivity (Wildman–Crippen MR) is 98.2 cm³/mol. The second-order valence-electron chi connectivity index (χ2n) is 5.07. The average Bonchev–Trinajstić information content (AvgIpc) is 2.64. The molecule has 2 rings (SSSR count). The second-order valence-corrected chi connectivity index (χ2v) is 5.48. The minimum absolute atomic E-state index is 0.145. The van der Waals surface area contributed by atoms with Crippen LogP contribution in [0.25, 0.3) is 6.08 Å². The first-order valence-corrected chi connectivity index (χ1v) is 8.02. The number of methoxy groups -OCH3 is 1. The molecule has 2 aromatic rings. The predicted octanol–water partition coefficient (Wildman–Crippen LogP) is 3.20. The fourth-order valence-corrected chi connectivity index (χ4v) is 2.27. The number of ether oxygens (including phenoxy) is 3. The molecule has 0 aliphatic heterocycles. The molecule has 0 radical (unpaired) electrons. The summed E-state index contributed by atoms with van der Waals surface area (Å²) in [6.07, 6.45) is 1.38. The normalized spacial score (nSPS) is 10.7. The van der Waals surface area contributed by atoms with Crippen molar-refractivity contribution in [3.05, 3.63) is 58.6 Å². The van der Waals surface area contributed by atoms with Crippen LogP contribution in [-0.2, 0) is 4.79 Å². The number of nitrogens with two attached hydrogens (primary N) is 1. The summed E-state index contributed by atoms with van der Waals surface area (Å²) in [6.45, 7) is 0.580. The lowest BCUT2D eigenvalue weighted by atomic mass is 10.1. The molecule has 0 fully saturated rings. The van der Waals surface area contributed by atoms with Crippen molar-refractivity contribution >= 4 is 23.6 Å². The summed E-state index contributed by atoms with van der Waals surface area (Å²) in [5.74, 6) is 0.757. The molecule has 0 bridgehead atoms. The summed E-state index contributed by atoms with van der Waals surface area (Å²) in [6, 6.07) is 13.9. The molecule has 0 heterocycles. The van der Waals surface area contributed by atoms with E-state index < -0.39 is 5.91 Å². The minimum atomic E-state index is -0.788. The van der Waals surface area contributed by atoms with Crippen molar-refractivity contribution in [3.8, 4) is 23.3 Å². The van der Waals surface area contributed by atoms with Crippen molar-refractivity contribution < 1.29 is 19.0 Å². The number of carbonyl (C=O) groups excluding carboxylic acids is 1. The van der Waals surface area contributed by atoms with Gasteiger partial charge in [0.15, 0.2) is 11.5 Å². The number of rotatable bonds is 8. The lowest BCUT2D eigenvalue weighted by Gasteiger charge is -2.12. The van der Waals surface area contributed by atoms with E-state index >= 15 is 0 Å². The van der Waals surface area contributed by atoms with Crippen LogP contribution < -0.4 is 19.9 Å². The Bertz CT molecular complexity index is 859. The highest BCUT2D eigenvalue weighted by molar-refractivity contribution is 6.32. The van der Waals surface area contributed by atoms with E-state index in [4.69, 9.17) is 36.8 Å². The zero-order valence-electron chi connectivity index (χ0n) is 14.1. The molecule has 6 nitrogen and oxygen atoms in total. The highest BCUT2D eigenvalue weighted by atomic mass is 35.5. The van der Waals surface area contributed by atoms with Gasteiger partial charge in [0.1, 0.15) is 30.6 Å². The molecule has 1 amide bonds. The number of hydrogen-bond acceptors (Lipinski definition) is 5. The quantitative estimate of drug-likeness (QED) is 0.436. The van der Waals surface area contributed by atoms with E-state index in [1.807, 2.05) is 12.1 Å². The van der Waals surface area contributed by atoms with E-state index in [0.717, 1.165) is 0 Å². The Morgan fingerprint density at radius 1 is 1.15 bits per heavy atom. The maximum absolute atomic E-state index is 11.1. The van der Waals surface area contributed by atoms with Crippen LogP contribution in [0.15, 0.2) is 48.0 Å². The fraction of sp³-hybridized carbons (Fsp3) is 0.158. The maximum atomic E-state index is 11.1. The van der Waals surface area contributed by atoms with Crippen molar-refractivity contribution in [2.45, 2.75) is 0 Å². The molecule has 0 spiro atoms. The third-order valence-corrected chi connectivity index (χ3v) is 3.63. The van der Waals surface area contributed by atoms with E-state index in [-0.39, 0.29) is 12.2 Å². The van der Waals surface area contributed by atoms with Gasteiger partial charge in [0.2, 0.25) is 0 Å². The van der Waals surface area contributed by atoms with Crippen LogP contribution in [0.5, 0.6) is 17.2 Å². The van der Waals surface area contributed by atoms with Gasteiger partial charge >= 0.3 is 0 Å². The lowest BCUT2D eigenvalue weighted by Crippen LogP contribution is -2.12. The van der Waals surface area contributed by atoms with Gasteiger partial charge in [-0.2, -0.15) is 5.26 Å². The largest absolute Gasteiger partial charge is 0.493 e. The van der Waals surface area contributed by atoms with Crippen LogP contribution in [0.1, 0.15) is 5.56 Å². The highest BCUT2D eigenvalue weighted by Gasteiger charge is 2.08. The van der Waals surface area contributed by atoms with Crippen molar-refractivity contribution in [2.75, 3.05) is 20.3 Å².